The molecule has 0 radical (unpaired) electrons. The fourth-order valence-corrected chi connectivity index (χ4v) is 3.61. The van der Waals surface area contributed by atoms with Crippen LogP contribution >= 0.6 is 0 Å². The molecule has 0 unspecified atom stereocenters. The molecule has 8 nitrogen and oxygen atoms in total. The van der Waals surface area contributed by atoms with Crippen LogP contribution in [0.15, 0.2) is 48.9 Å². The van der Waals surface area contributed by atoms with E-state index >= 15 is 0 Å². The Labute approximate surface area is 164 Å². The minimum absolute atomic E-state index is 0.00177. The Balaban J connectivity index is 1.41. The Kier molecular flexibility index (Phi) is 3.94. The zero-order chi connectivity index (χ0) is 20.0. The van der Waals surface area contributed by atoms with Gasteiger partial charge in [0.1, 0.15) is 0 Å². The number of ketones is 1. The van der Waals surface area contributed by atoms with E-state index in [9.17, 15) is 14.0 Å². The maximum atomic E-state index is 14.1. The van der Waals surface area contributed by atoms with Gasteiger partial charge in [0.15, 0.2) is 17.5 Å². The largest absolute Gasteiger partial charge is 0.359 e. The van der Waals surface area contributed by atoms with Gasteiger partial charge in [0.25, 0.3) is 11.7 Å². The standard InChI is InChI=1S/C20H15FN6O2/c21-14-9-22-10-15-17(14)13(8-23-15)18(28)20(29)26-6-7-27-16(11-26)24-25-19(27)12-4-2-1-3-5-12/h1-5,8-10,23H,6-7,11H2. The van der Waals surface area contributed by atoms with Crippen molar-refractivity contribution in [2.24, 2.45) is 0 Å². The zero-order valence-corrected chi connectivity index (χ0v) is 15.2. The van der Waals surface area contributed by atoms with Crippen LogP contribution < -0.4 is 0 Å². The number of aromatic nitrogens is 5. The van der Waals surface area contributed by atoms with E-state index in [2.05, 4.69) is 20.2 Å². The van der Waals surface area contributed by atoms with Gasteiger partial charge in [0.05, 0.1) is 30.0 Å². The van der Waals surface area contributed by atoms with Gasteiger partial charge in [-0.1, -0.05) is 30.3 Å². The second-order valence-electron chi connectivity index (χ2n) is 6.76. The van der Waals surface area contributed by atoms with Crippen molar-refractivity contribution in [3.8, 4) is 11.4 Å². The van der Waals surface area contributed by atoms with Crippen LogP contribution in [-0.2, 0) is 17.9 Å². The van der Waals surface area contributed by atoms with Gasteiger partial charge in [0.2, 0.25) is 0 Å². The van der Waals surface area contributed by atoms with Crippen molar-refractivity contribution in [3.63, 3.8) is 0 Å². The third kappa shape index (κ3) is 2.78. The Morgan fingerprint density at radius 1 is 1.07 bits per heavy atom. The Morgan fingerprint density at radius 2 is 1.90 bits per heavy atom. The lowest BCUT2D eigenvalue weighted by molar-refractivity contribution is -0.127. The summed E-state index contributed by atoms with van der Waals surface area (Å²) in [5.74, 6) is -0.781. The SMILES string of the molecule is O=C(C(=O)N1CCn2c(nnc2-c2ccccc2)C1)c1c[nH]c2cncc(F)c12. The lowest BCUT2D eigenvalue weighted by Gasteiger charge is -2.27. The third-order valence-electron chi connectivity index (χ3n) is 5.05. The second-order valence-corrected chi connectivity index (χ2v) is 6.76. The Hall–Kier alpha value is -3.88. The highest BCUT2D eigenvalue weighted by Gasteiger charge is 2.31. The molecule has 144 valence electrons. The number of nitrogens with zero attached hydrogens (tertiary/aromatic N) is 5. The molecule has 0 atom stereocenters. The van der Waals surface area contributed by atoms with E-state index in [1.807, 2.05) is 34.9 Å². The number of carbonyl (C=O) groups is 2. The molecule has 1 amide bonds. The molecule has 1 aliphatic heterocycles. The zero-order valence-electron chi connectivity index (χ0n) is 15.2. The quantitative estimate of drug-likeness (QED) is 0.427. The molecule has 4 aromatic rings. The van der Waals surface area contributed by atoms with Crippen LogP contribution in [0.3, 0.4) is 0 Å². The highest BCUT2D eigenvalue weighted by Crippen LogP contribution is 2.24. The van der Waals surface area contributed by atoms with E-state index in [4.69, 9.17) is 0 Å². The topological polar surface area (TPSA) is 96.8 Å². The number of aromatic amines is 1. The number of fused-ring (bicyclic) bond motifs is 2. The molecule has 5 rings (SSSR count). The number of nitrogens with one attached hydrogen (secondary N) is 1. The number of amides is 1. The normalized spacial score (nSPS) is 13.5. The third-order valence-corrected chi connectivity index (χ3v) is 5.05. The maximum absolute atomic E-state index is 14.1. The summed E-state index contributed by atoms with van der Waals surface area (Å²) >= 11 is 0. The number of benzene rings is 1. The highest BCUT2D eigenvalue weighted by atomic mass is 19.1. The van der Waals surface area contributed by atoms with Crippen molar-refractivity contribution >= 4 is 22.6 Å². The molecule has 4 heterocycles. The summed E-state index contributed by atoms with van der Waals surface area (Å²) in [4.78, 5) is 33.5. The van der Waals surface area contributed by atoms with Gasteiger partial charge in [-0.3, -0.25) is 14.6 Å². The molecule has 0 fully saturated rings. The summed E-state index contributed by atoms with van der Waals surface area (Å²) in [6, 6.07) is 9.65. The predicted octanol–water partition coefficient (Wildman–Crippen LogP) is 2.19. The van der Waals surface area contributed by atoms with Crippen LogP contribution in [0.25, 0.3) is 22.3 Å². The summed E-state index contributed by atoms with van der Waals surface area (Å²) in [6.45, 7) is 0.969. The van der Waals surface area contributed by atoms with Crippen molar-refractivity contribution in [3.05, 3.63) is 66.1 Å². The maximum Gasteiger partial charge on any atom is 0.295 e. The van der Waals surface area contributed by atoms with E-state index in [1.165, 1.54) is 17.3 Å². The average Bonchev–Trinajstić information content (AvgIpc) is 3.38. The second kappa shape index (κ2) is 6.62. The van der Waals surface area contributed by atoms with Gasteiger partial charge >= 0.3 is 0 Å². The molecule has 3 aromatic heterocycles. The lowest BCUT2D eigenvalue weighted by Crippen LogP contribution is -2.42. The molecule has 1 N–H and O–H groups in total. The molecular weight excluding hydrogens is 375 g/mol. The van der Waals surface area contributed by atoms with Crippen LogP contribution in [0.1, 0.15) is 16.2 Å². The van der Waals surface area contributed by atoms with E-state index < -0.39 is 17.5 Å². The van der Waals surface area contributed by atoms with Crippen LogP contribution in [0, 0.1) is 5.82 Å². The van der Waals surface area contributed by atoms with E-state index in [-0.39, 0.29) is 17.5 Å². The predicted molar refractivity (Wildman–Crippen MR) is 101 cm³/mol. The fourth-order valence-electron chi connectivity index (χ4n) is 3.61. The first kappa shape index (κ1) is 17.2. The molecule has 0 spiro atoms. The van der Waals surface area contributed by atoms with Gasteiger partial charge in [0, 0.05) is 30.2 Å². The van der Waals surface area contributed by atoms with Gasteiger partial charge in [-0.05, 0) is 0 Å². The first-order valence-electron chi connectivity index (χ1n) is 9.05. The van der Waals surface area contributed by atoms with Crippen LogP contribution in [0.5, 0.6) is 0 Å². The lowest BCUT2D eigenvalue weighted by atomic mass is 10.1. The number of pyridine rings is 1. The number of hydrogen-bond donors (Lipinski definition) is 1. The van der Waals surface area contributed by atoms with Crippen LogP contribution in [0.4, 0.5) is 4.39 Å². The summed E-state index contributed by atoms with van der Waals surface area (Å²) in [7, 11) is 0. The number of carbonyl (C=O) groups excluding carboxylic acids is 2. The number of Topliss-reactive ketones (excluding diaryl/α,β-unsaturated/α-hetero) is 1. The fraction of sp³-hybridized carbons (Fsp3) is 0.150. The monoisotopic (exact) mass is 390 g/mol. The molecule has 0 saturated heterocycles. The molecule has 1 aliphatic rings. The Morgan fingerprint density at radius 3 is 2.72 bits per heavy atom. The summed E-state index contributed by atoms with van der Waals surface area (Å²) in [5, 5.41) is 8.50. The van der Waals surface area contributed by atoms with Crippen molar-refractivity contribution in [2.75, 3.05) is 6.54 Å². The van der Waals surface area contributed by atoms with Crippen LogP contribution in [0.2, 0.25) is 0 Å². The molecule has 0 bridgehead atoms. The van der Waals surface area contributed by atoms with E-state index in [0.29, 0.717) is 24.4 Å². The van der Waals surface area contributed by atoms with Gasteiger partial charge in [-0.2, -0.15) is 0 Å². The van der Waals surface area contributed by atoms with Crippen molar-refractivity contribution < 1.29 is 14.0 Å². The summed E-state index contributed by atoms with van der Waals surface area (Å²) in [5.41, 5.74) is 1.30. The molecular formula is C20H15FN6O2. The van der Waals surface area contributed by atoms with Gasteiger partial charge in [-0.25, -0.2) is 4.39 Å². The first-order chi connectivity index (χ1) is 14.1. The smallest absolute Gasteiger partial charge is 0.295 e. The molecule has 0 aliphatic carbocycles. The first-order valence-corrected chi connectivity index (χ1v) is 9.05. The molecule has 0 saturated carbocycles. The minimum Gasteiger partial charge on any atom is -0.359 e. The number of H-pyrrole nitrogens is 1. The Bertz CT molecular complexity index is 1250. The van der Waals surface area contributed by atoms with E-state index in [1.54, 1.807) is 0 Å². The number of hydrogen-bond acceptors (Lipinski definition) is 5. The van der Waals surface area contributed by atoms with Crippen molar-refractivity contribution in [1.29, 1.82) is 0 Å². The van der Waals surface area contributed by atoms with Gasteiger partial charge in [-0.15, -0.1) is 10.2 Å². The summed E-state index contributed by atoms with van der Waals surface area (Å²) in [6.07, 6.45) is 3.77. The number of halogens is 1. The summed E-state index contributed by atoms with van der Waals surface area (Å²) < 4.78 is 16.1. The number of rotatable bonds is 3. The highest BCUT2D eigenvalue weighted by molar-refractivity contribution is 6.44. The van der Waals surface area contributed by atoms with E-state index in [0.717, 1.165) is 17.6 Å². The van der Waals surface area contributed by atoms with Gasteiger partial charge < -0.3 is 14.5 Å². The molecule has 29 heavy (non-hydrogen) atoms. The van der Waals surface area contributed by atoms with Crippen molar-refractivity contribution in [1.82, 2.24) is 29.6 Å². The van der Waals surface area contributed by atoms with Crippen molar-refractivity contribution in [2.45, 2.75) is 13.1 Å². The molecule has 1 aromatic carbocycles. The minimum atomic E-state index is -0.766. The average molecular weight is 390 g/mol. The molecule has 9 heteroatoms. The van der Waals surface area contributed by atoms with Crippen LogP contribution in [-0.4, -0.2) is 47.9 Å².